The molecular weight excluding hydrogens is 603 g/mol. The van der Waals surface area contributed by atoms with E-state index in [9.17, 15) is 24.5 Å². The van der Waals surface area contributed by atoms with Gasteiger partial charge in [-0.25, -0.2) is 4.79 Å². The van der Waals surface area contributed by atoms with Crippen LogP contribution in [0.15, 0.2) is 103 Å². The van der Waals surface area contributed by atoms with Crippen LogP contribution in [0.25, 0.3) is 0 Å². The van der Waals surface area contributed by atoms with Crippen molar-refractivity contribution in [3.05, 3.63) is 147 Å². The van der Waals surface area contributed by atoms with E-state index >= 15 is 0 Å². The molecule has 0 saturated carbocycles. The highest BCUT2D eigenvalue weighted by Gasteiger charge is 2.73. The second-order valence-corrected chi connectivity index (χ2v) is 12.4. The minimum atomic E-state index is -1.40. The maximum Gasteiger partial charge on any atom is 0.330 e. The van der Waals surface area contributed by atoms with E-state index in [1.165, 1.54) is 18.2 Å². The summed E-state index contributed by atoms with van der Waals surface area (Å²) in [6.45, 7) is -0.417. The van der Waals surface area contributed by atoms with Crippen LogP contribution in [-0.2, 0) is 41.9 Å². The number of nitrogens with zero attached hydrogens (tertiary/aromatic N) is 2. The summed E-state index contributed by atoms with van der Waals surface area (Å²) in [7, 11) is 0. The Bertz CT molecular complexity index is 1740. The highest BCUT2D eigenvalue weighted by molar-refractivity contribution is 6.36. The molecule has 8 nitrogen and oxygen atoms in total. The van der Waals surface area contributed by atoms with Crippen molar-refractivity contribution in [3.8, 4) is 0 Å². The van der Waals surface area contributed by atoms with Gasteiger partial charge in [-0.3, -0.25) is 24.6 Å². The lowest BCUT2D eigenvalue weighted by Gasteiger charge is -2.54. The first kappa shape index (κ1) is 28.3. The number of nitro groups is 1. The Kier molecular flexibility index (Phi) is 6.60. The third kappa shape index (κ3) is 3.87. The first-order valence-corrected chi connectivity index (χ1v) is 14.8. The molecule has 0 aromatic heterocycles. The van der Waals surface area contributed by atoms with Crippen LogP contribution in [0.5, 0.6) is 0 Å². The molecule has 4 aromatic carbocycles. The number of para-hydroxylation sites is 1. The molecule has 8 rings (SSSR count). The van der Waals surface area contributed by atoms with Gasteiger partial charge >= 0.3 is 5.97 Å². The van der Waals surface area contributed by atoms with Crippen molar-refractivity contribution in [2.45, 2.75) is 28.8 Å². The molecule has 0 unspecified atom stereocenters. The van der Waals surface area contributed by atoms with E-state index in [2.05, 4.69) is 0 Å². The van der Waals surface area contributed by atoms with Gasteiger partial charge in [0.05, 0.1) is 22.3 Å². The average Bonchev–Trinajstić information content (AvgIpc) is 3.32. The summed E-state index contributed by atoms with van der Waals surface area (Å²) < 4.78 is 5.60. The van der Waals surface area contributed by atoms with Crippen molar-refractivity contribution in [3.63, 3.8) is 0 Å². The van der Waals surface area contributed by atoms with E-state index in [0.717, 1.165) is 4.90 Å². The highest BCUT2D eigenvalue weighted by Crippen LogP contribution is 2.69. The number of esters is 1. The molecule has 10 heteroatoms. The van der Waals surface area contributed by atoms with Gasteiger partial charge in [0.1, 0.15) is 22.4 Å². The summed E-state index contributed by atoms with van der Waals surface area (Å²) in [5.74, 6) is -4.28. The van der Waals surface area contributed by atoms with Crippen LogP contribution in [0.2, 0.25) is 0 Å². The zero-order valence-corrected chi connectivity index (χ0v) is 24.6. The standard InChI is InChI=1S/C34H24Cl2N2O6/c35-33-22-13-5-6-14-23(22)34(36,25-16-8-7-15-24(25)33)29-28(33)30(39)37(31(29)40)27(18-20-10-2-1-3-11-20)32(41)44-19-21-12-4-9-17-26(21)38(42)43/h1-17,27-29H,18-19H2/t27-,28+,29+,33?,34?/m0/s1. The predicted molar refractivity (Wildman–Crippen MR) is 162 cm³/mol. The molecule has 0 spiro atoms. The van der Waals surface area contributed by atoms with Crippen LogP contribution < -0.4 is 0 Å². The molecule has 2 bridgehead atoms. The Morgan fingerprint density at radius 3 is 1.73 bits per heavy atom. The molecule has 0 radical (unpaired) electrons. The second-order valence-electron chi connectivity index (χ2n) is 11.2. The SMILES string of the molecule is O=C(OCc1ccccc1[N+](=O)[O-])[C@H](Cc1ccccc1)N1C(=O)[C@H]2[C@H](C1=O)C1(Cl)c3ccccc3C2(Cl)c2ccccc21. The minimum absolute atomic E-state index is 0.0298. The van der Waals surface area contributed by atoms with Crippen LogP contribution in [0, 0.1) is 22.0 Å². The summed E-state index contributed by atoms with van der Waals surface area (Å²) in [6.07, 6.45) is -0.0298. The van der Waals surface area contributed by atoms with Crippen LogP contribution in [0.3, 0.4) is 0 Å². The molecule has 220 valence electrons. The smallest absolute Gasteiger partial charge is 0.330 e. The minimum Gasteiger partial charge on any atom is -0.459 e. The number of carbonyl (C=O) groups excluding carboxylic acids is 3. The number of carbonyl (C=O) groups is 3. The Morgan fingerprint density at radius 2 is 1.23 bits per heavy atom. The van der Waals surface area contributed by atoms with Crippen molar-refractivity contribution in [1.29, 1.82) is 0 Å². The van der Waals surface area contributed by atoms with E-state index in [1.807, 2.05) is 54.6 Å². The van der Waals surface area contributed by atoms with Gasteiger partial charge in [-0.2, -0.15) is 0 Å². The van der Waals surface area contributed by atoms with Gasteiger partial charge in [0.2, 0.25) is 11.8 Å². The Hall–Kier alpha value is -4.53. The van der Waals surface area contributed by atoms with E-state index in [0.29, 0.717) is 27.8 Å². The molecule has 4 aromatic rings. The molecule has 44 heavy (non-hydrogen) atoms. The normalized spacial score (nSPS) is 25.2. The number of amides is 2. The van der Waals surface area contributed by atoms with Gasteiger partial charge in [0, 0.05) is 12.5 Å². The molecule has 3 aliphatic carbocycles. The number of benzene rings is 4. The van der Waals surface area contributed by atoms with Gasteiger partial charge in [-0.05, 0) is 33.9 Å². The first-order valence-electron chi connectivity index (χ1n) is 14.1. The van der Waals surface area contributed by atoms with E-state index in [4.69, 9.17) is 27.9 Å². The third-order valence-corrected chi connectivity index (χ3v) is 10.3. The predicted octanol–water partition coefficient (Wildman–Crippen LogP) is 5.84. The monoisotopic (exact) mass is 626 g/mol. The van der Waals surface area contributed by atoms with Crippen LogP contribution >= 0.6 is 23.2 Å². The lowest BCUT2D eigenvalue weighted by atomic mass is 9.54. The maximum absolute atomic E-state index is 14.5. The zero-order chi connectivity index (χ0) is 30.8. The second kappa shape index (κ2) is 10.3. The van der Waals surface area contributed by atoms with Gasteiger partial charge in [0.25, 0.3) is 5.69 Å². The van der Waals surface area contributed by atoms with Crippen LogP contribution in [-0.4, -0.2) is 33.6 Å². The number of alkyl halides is 2. The molecule has 2 amide bonds. The molecule has 1 aliphatic heterocycles. The number of ether oxygens (including phenoxy) is 1. The molecular formula is C34H24Cl2N2O6. The fourth-order valence-corrected chi connectivity index (χ4v) is 8.27. The highest BCUT2D eigenvalue weighted by atomic mass is 35.5. The summed E-state index contributed by atoms with van der Waals surface area (Å²) in [5, 5.41) is 11.5. The van der Waals surface area contributed by atoms with Gasteiger partial charge < -0.3 is 4.74 Å². The van der Waals surface area contributed by atoms with Crippen LogP contribution in [0.1, 0.15) is 33.4 Å². The quantitative estimate of drug-likeness (QED) is 0.0838. The number of hydrogen-bond donors (Lipinski definition) is 0. The van der Waals surface area contributed by atoms with E-state index in [1.54, 1.807) is 30.3 Å². The molecule has 3 atom stereocenters. The lowest BCUT2D eigenvalue weighted by molar-refractivity contribution is -0.385. The summed E-state index contributed by atoms with van der Waals surface area (Å²) in [4.78, 5) is 52.1. The summed E-state index contributed by atoms with van der Waals surface area (Å²) >= 11 is 15.1. The van der Waals surface area contributed by atoms with Gasteiger partial charge in [-0.1, -0.05) is 91.0 Å². The average molecular weight is 627 g/mol. The number of imide groups is 1. The number of rotatable bonds is 7. The first-order chi connectivity index (χ1) is 21.2. The Balaban J connectivity index is 1.31. The Labute approximate surface area is 262 Å². The third-order valence-electron chi connectivity index (χ3n) is 9.03. The molecule has 1 heterocycles. The summed E-state index contributed by atoms with van der Waals surface area (Å²) in [6, 6.07) is 28.1. The van der Waals surface area contributed by atoms with E-state index < -0.39 is 56.9 Å². The lowest BCUT2D eigenvalue weighted by Crippen LogP contribution is -2.57. The largest absolute Gasteiger partial charge is 0.459 e. The molecule has 4 aliphatic rings. The number of hydrogen-bond acceptors (Lipinski definition) is 6. The molecule has 1 fully saturated rings. The molecule has 1 saturated heterocycles. The number of nitro benzene ring substituents is 1. The van der Waals surface area contributed by atoms with Crippen LogP contribution in [0.4, 0.5) is 5.69 Å². The number of likely N-dealkylation sites (tertiary alicyclic amines) is 1. The van der Waals surface area contributed by atoms with Crippen molar-refractivity contribution >= 4 is 46.7 Å². The van der Waals surface area contributed by atoms with Gasteiger partial charge in [-0.15, -0.1) is 23.2 Å². The molecule has 0 N–H and O–H groups in total. The summed E-state index contributed by atoms with van der Waals surface area (Å²) in [5.41, 5.74) is 3.26. The van der Waals surface area contributed by atoms with Crippen molar-refractivity contribution in [1.82, 2.24) is 4.90 Å². The van der Waals surface area contributed by atoms with E-state index in [-0.39, 0.29) is 17.7 Å². The number of halogens is 2. The van der Waals surface area contributed by atoms with Gasteiger partial charge in [0.15, 0.2) is 0 Å². The maximum atomic E-state index is 14.5. The fourth-order valence-electron chi connectivity index (χ4n) is 7.17. The van der Waals surface area contributed by atoms with Crippen molar-refractivity contribution in [2.24, 2.45) is 11.8 Å². The van der Waals surface area contributed by atoms with Crippen molar-refractivity contribution in [2.75, 3.05) is 0 Å². The van der Waals surface area contributed by atoms with Crippen molar-refractivity contribution < 1.29 is 24.0 Å². The Morgan fingerprint density at radius 1 is 0.773 bits per heavy atom. The fraction of sp³-hybridized carbons (Fsp3) is 0.206. The topological polar surface area (TPSA) is 107 Å². The zero-order valence-electron chi connectivity index (χ0n) is 23.1.